The van der Waals surface area contributed by atoms with Crippen LogP contribution in [0.25, 0.3) is 0 Å². The molecule has 1 N–H and O–H groups in total. The first-order valence-electron chi connectivity index (χ1n) is 8.32. The maximum absolute atomic E-state index is 12.2. The third-order valence-corrected chi connectivity index (χ3v) is 5.54. The van der Waals surface area contributed by atoms with Gasteiger partial charge in [0, 0.05) is 25.6 Å². The number of nitrogens with zero attached hydrogens (tertiary/aromatic N) is 1. The van der Waals surface area contributed by atoms with Gasteiger partial charge in [-0.2, -0.15) is 0 Å². The van der Waals surface area contributed by atoms with Crippen LogP contribution in [0.5, 0.6) is 0 Å². The summed E-state index contributed by atoms with van der Waals surface area (Å²) in [5.41, 5.74) is 0.784. The number of likely N-dealkylation sites (tertiary alicyclic amines) is 1. The molecule has 23 heavy (non-hydrogen) atoms. The van der Waals surface area contributed by atoms with Gasteiger partial charge in [0.2, 0.25) is 15.9 Å². The second-order valence-corrected chi connectivity index (χ2v) is 7.88. The molecule has 0 atom stereocenters. The summed E-state index contributed by atoms with van der Waals surface area (Å²) in [5, 5.41) is 0. The molecule has 0 unspecified atom stereocenters. The van der Waals surface area contributed by atoms with E-state index in [0.29, 0.717) is 32.4 Å². The van der Waals surface area contributed by atoms with Gasteiger partial charge in [0.15, 0.2) is 0 Å². The number of nitrogens with one attached hydrogen (secondary N) is 1. The summed E-state index contributed by atoms with van der Waals surface area (Å²) in [6.07, 6.45) is 3.91. The predicted octanol–water partition coefficient (Wildman–Crippen LogP) is 2.29. The topological polar surface area (TPSA) is 66.5 Å². The fourth-order valence-corrected chi connectivity index (χ4v) is 4.28. The molecule has 0 bridgehead atoms. The first-order valence-corrected chi connectivity index (χ1v) is 9.97. The van der Waals surface area contributed by atoms with Gasteiger partial charge in [-0.25, -0.2) is 13.1 Å². The van der Waals surface area contributed by atoms with E-state index in [0.717, 1.165) is 18.4 Å². The normalized spacial score (nSPS) is 16.5. The number of rotatable bonds is 7. The quantitative estimate of drug-likeness (QED) is 0.829. The molecule has 5 nitrogen and oxygen atoms in total. The molecule has 6 heteroatoms. The number of benzene rings is 1. The first kappa shape index (κ1) is 17.9. The number of carbonyl (C=O) groups is 1. The molecular weight excluding hydrogens is 312 g/mol. The zero-order valence-electron chi connectivity index (χ0n) is 13.7. The Labute approximate surface area is 139 Å². The summed E-state index contributed by atoms with van der Waals surface area (Å²) >= 11 is 0. The standard InChI is InChI=1S/C17H26N2O3S/c1-2-3-9-17(20)19-12-10-16(11-13-19)18-23(21,22)14-15-7-5-4-6-8-15/h4-8,16,18H,2-3,9-14H2,1H3. The molecule has 1 aliphatic heterocycles. The van der Waals surface area contributed by atoms with Crippen LogP contribution >= 0.6 is 0 Å². The molecule has 1 saturated heterocycles. The van der Waals surface area contributed by atoms with E-state index in [1.165, 1.54) is 0 Å². The van der Waals surface area contributed by atoms with Crippen molar-refractivity contribution >= 4 is 15.9 Å². The molecule has 2 rings (SSSR count). The van der Waals surface area contributed by atoms with Crippen molar-refractivity contribution in [2.75, 3.05) is 13.1 Å². The second-order valence-electron chi connectivity index (χ2n) is 6.12. The Morgan fingerprint density at radius 2 is 1.87 bits per heavy atom. The van der Waals surface area contributed by atoms with Gasteiger partial charge < -0.3 is 4.90 Å². The van der Waals surface area contributed by atoms with Crippen molar-refractivity contribution in [3.05, 3.63) is 35.9 Å². The molecule has 0 aromatic heterocycles. The number of hydrogen-bond acceptors (Lipinski definition) is 3. The number of hydrogen-bond donors (Lipinski definition) is 1. The lowest BCUT2D eigenvalue weighted by atomic mass is 10.1. The van der Waals surface area contributed by atoms with E-state index in [4.69, 9.17) is 0 Å². The fraction of sp³-hybridized carbons (Fsp3) is 0.588. The molecule has 1 amide bonds. The average molecular weight is 338 g/mol. The van der Waals surface area contributed by atoms with Crippen LogP contribution in [0.2, 0.25) is 0 Å². The smallest absolute Gasteiger partial charge is 0.222 e. The van der Waals surface area contributed by atoms with Crippen LogP contribution in [0.15, 0.2) is 30.3 Å². The van der Waals surface area contributed by atoms with Crippen molar-refractivity contribution in [2.24, 2.45) is 0 Å². The van der Waals surface area contributed by atoms with Gasteiger partial charge in [0.25, 0.3) is 0 Å². The lowest BCUT2D eigenvalue weighted by Gasteiger charge is -2.32. The molecule has 1 aromatic rings. The Bertz CT molecular complexity index is 594. The minimum absolute atomic E-state index is 0.00346. The van der Waals surface area contributed by atoms with E-state index in [2.05, 4.69) is 11.6 Å². The molecule has 1 aliphatic rings. The van der Waals surface area contributed by atoms with Crippen LogP contribution in [-0.2, 0) is 20.6 Å². The van der Waals surface area contributed by atoms with Crippen LogP contribution in [0.1, 0.15) is 44.6 Å². The lowest BCUT2D eigenvalue weighted by molar-refractivity contribution is -0.132. The molecule has 0 radical (unpaired) electrons. The first-order chi connectivity index (χ1) is 11.0. The summed E-state index contributed by atoms with van der Waals surface area (Å²) in [4.78, 5) is 13.8. The van der Waals surface area contributed by atoms with Gasteiger partial charge in [0.05, 0.1) is 5.75 Å². The van der Waals surface area contributed by atoms with Crippen LogP contribution in [0, 0.1) is 0 Å². The van der Waals surface area contributed by atoms with E-state index in [1.807, 2.05) is 35.2 Å². The van der Waals surface area contributed by atoms with Gasteiger partial charge in [-0.15, -0.1) is 0 Å². The van der Waals surface area contributed by atoms with Crippen molar-refractivity contribution < 1.29 is 13.2 Å². The fourth-order valence-electron chi connectivity index (χ4n) is 2.82. The number of sulfonamides is 1. The summed E-state index contributed by atoms with van der Waals surface area (Å²) in [5.74, 6) is 0.196. The maximum Gasteiger partial charge on any atom is 0.222 e. The van der Waals surface area contributed by atoms with E-state index >= 15 is 0 Å². The zero-order chi connectivity index (χ0) is 16.7. The molecule has 0 saturated carbocycles. The summed E-state index contributed by atoms with van der Waals surface area (Å²) in [6, 6.07) is 9.10. The third kappa shape index (κ3) is 5.95. The number of unbranched alkanes of at least 4 members (excludes halogenated alkanes) is 1. The van der Waals surface area contributed by atoms with Crippen LogP contribution in [0.3, 0.4) is 0 Å². The zero-order valence-corrected chi connectivity index (χ0v) is 14.5. The van der Waals surface area contributed by atoms with Crippen molar-refractivity contribution in [3.63, 3.8) is 0 Å². The highest BCUT2D eigenvalue weighted by molar-refractivity contribution is 7.88. The van der Waals surface area contributed by atoms with Crippen LogP contribution in [-0.4, -0.2) is 38.4 Å². The Kier molecular flexibility index (Phi) is 6.59. The summed E-state index contributed by atoms with van der Waals surface area (Å²) < 4.78 is 27.2. The molecular formula is C17H26N2O3S. The third-order valence-electron chi connectivity index (χ3n) is 4.14. The number of piperidine rings is 1. The summed E-state index contributed by atoms with van der Waals surface area (Å²) in [7, 11) is -3.34. The van der Waals surface area contributed by atoms with Gasteiger partial charge in [-0.05, 0) is 24.8 Å². The van der Waals surface area contributed by atoms with Gasteiger partial charge in [0.1, 0.15) is 0 Å². The highest BCUT2D eigenvalue weighted by Gasteiger charge is 2.25. The Morgan fingerprint density at radius 1 is 1.22 bits per heavy atom. The Morgan fingerprint density at radius 3 is 2.48 bits per heavy atom. The largest absolute Gasteiger partial charge is 0.343 e. The highest BCUT2D eigenvalue weighted by atomic mass is 32.2. The van der Waals surface area contributed by atoms with Crippen LogP contribution in [0.4, 0.5) is 0 Å². The number of amides is 1. The van der Waals surface area contributed by atoms with E-state index in [-0.39, 0.29) is 17.7 Å². The van der Waals surface area contributed by atoms with E-state index in [9.17, 15) is 13.2 Å². The molecule has 0 spiro atoms. The maximum atomic E-state index is 12.2. The van der Waals surface area contributed by atoms with Crippen LogP contribution < -0.4 is 4.72 Å². The van der Waals surface area contributed by atoms with Gasteiger partial charge >= 0.3 is 0 Å². The monoisotopic (exact) mass is 338 g/mol. The Balaban J connectivity index is 1.80. The molecule has 0 aliphatic carbocycles. The van der Waals surface area contributed by atoms with E-state index in [1.54, 1.807) is 0 Å². The minimum Gasteiger partial charge on any atom is -0.343 e. The van der Waals surface area contributed by atoms with Crippen molar-refractivity contribution in [1.82, 2.24) is 9.62 Å². The van der Waals surface area contributed by atoms with Gasteiger partial charge in [-0.1, -0.05) is 43.7 Å². The molecule has 1 aromatic carbocycles. The molecule has 128 valence electrons. The Hall–Kier alpha value is -1.40. The van der Waals surface area contributed by atoms with Crippen molar-refractivity contribution in [3.8, 4) is 0 Å². The van der Waals surface area contributed by atoms with E-state index < -0.39 is 10.0 Å². The number of carbonyl (C=O) groups excluding carboxylic acids is 1. The average Bonchev–Trinajstić information content (AvgIpc) is 2.53. The summed E-state index contributed by atoms with van der Waals surface area (Å²) in [6.45, 7) is 3.35. The second kappa shape index (κ2) is 8.45. The molecule has 1 heterocycles. The predicted molar refractivity (Wildman–Crippen MR) is 91.3 cm³/mol. The van der Waals surface area contributed by atoms with Crippen molar-refractivity contribution in [1.29, 1.82) is 0 Å². The highest BCUT2D eigenvalue weighted by Crippen LogP contribution is 2.14. The van der Waals surface area contributed by atoms with Gasteiger partial charge in [-0.3, -0.25) is 4.79 Å². The minimum atomic E-state index is -3.34. The lowest BCUT2D eigenvalue weighted by Crippen LogP contribution is -2.46. The molecule has 1 fully saturated rings. The SMILES string of the molecule is CCCCC(=O)N1CCC(NS(=O)(=O)Cc2ccccc2)CC1. The van der Waals surface area contributed by atoms with Crippen molar-refractivity contribution in [2.45, 2.75) is 50.8 Å².